The van der Waals surface area contributed by atoms with Crippen molar-refractivity contribution in [2.75, 3.05) is 39.3 Å². The number of oxazole rings is 1. The third kappa shape index (κ3) is 9.05. The first-order valence-corrected chi connectivity index (χ1v) is 23.2. The van der Waals surface area contributed by atoms with Crippen LogP contribution < -0.4 is 5.73 Å². The maximum atomic E-state index is 15.1. The number of rotatable bonds is 18. The second-order valence-corrected chi connectivity index (χ2v) is 22.1. The van der Waals surface area contributed by atoms with Crippen molar-refractivity contribution < 1.29 is 33.2 Å². The van der Waals surface area contributed by atoms with E-state index in [1.807, 2.05) is 25.7 Å². The van der Waals surface area contributed by atoms with Crippen molar-refractivity contribution in [1.82, 2.24) is 19.7 Å². The van der Waals surface area contributed by atoms with E-state index in [-0.39, 0.29) is 70.2 Å². The zero-order valence-corrected chi connectivity index (χ0v) is 38.3. The highest BCUT2D eigenvalue weighted by Crippen LogP contribution is 2.88. The number of primary amides is 1. The molecule has 2 saturated heterocycles. The van der Waals surface area contributed by atoms with E-state index in [0.29, 0.717) is 56.2 Å². The first kappa shape index (κ1) is 46.1. The van der Waals surface area contributed by atoms with Gasteiger partial charge >= 0.3 is 0 Å². The molecule has 5 aliphatic rings. The van der Waals surface area contributed by atoms with Crippen LogP contribution in [-0.4, -0.2) is 100 Å². The summed E-state index contributed by atoms with van der Waals surface area (Å²) in [4.78, 5) is 92.7. The number of nitrogens with zero attached hydrogens (tertiary/aromatic N) is 4. The molecular weight excluding hydrogens is 759 g/mol. The second kappa shape index (κ2) is 17.4. The minimum absolute atomic E-state index is 0.0108. The predicted octanol–water partition coefficient (Wildman–Crippen LogP) is 6.61. The number of hydrogen-bond acceptors (Lipinski definition) is 9. The summed E-state index contributed by atoms with van der Waals surface area (Å²) in [7, 11) is 0. The second-order valence-electron chi connectivity index (χ2n) is 22.1. The lowest BCUT2D eigenvalue weighted by Crippen LogP contribution is -2.48. The van der Waals surface area contributed by atoms with Crippen LogP contribution in [0.15, 0.2) is 10.7 Å². The average Bonchev–Trinajstić information content (AvgIpc) is 3.54. The Labute approximate surface area is 358 Å². The molecule has 3 amide bonds. The van der Waals surface area contributed by atoms with E-state index in [4.69, 9.17) is 10.2 Å². The summed E-state index contributed by atoms with van der Waals surface area (Å²) >= 11 is 0. The number of aryl methyl sites for hydroxylation is 1. The molecule has 0 bridgehead atoms. The molecule has 334 valence electrons. The Hall–Kier alpha value is -3.41. The molecule has 3 aliphatic carbocycles. The molecule has 60 heavy (non-hydrogen) atoms. The Morgan fingerprint density at radius 2 is 1.57 bits per heavy atom. The number of fused-ring (bicyclic) bond motifs is 1. The smallest absolute Gasteiger partial charge is 0.285 e. The Balaban J connectivity index is 1.14. The fraction of sp³-hybridized carbons (Fsp3) is 0.812. The fourth-order valence-corrected chi connectivity index (χ4v) is 11.9. The Bertz CT molecular complexity index is 1790. The van der Waals surface area contributed by atoms with E-state index >= 15 is 4.79 Å². The van der Waals surface area contributed by atoms with Crippen molar-refractivity contribution in [2.45, 2.75) is 158 Å². The van der Waals surface area contributed by atoms with E-state index in [9.17, 15) is 24.0 Å². The zero-order valence-electron chi connectivity index (χ0n) is 38.3. The first-order chi connectivity index (χ1) is 28.0. The summed E-state index contributed by atoms with van der Waals surface area (Å²) in [5, 5.41) is 0. The SMILES string of the molecule is CCN1CCN(C(=O)Cc2coc(CC[C@@H](CC(=O)C[C@H](C(=O)N3C[C@]4(C[C@H]3C(=O)CC(CC3CCC3)C(=O)C(N)=O)C(C)(C)C43CCC3)C(C)(C)C)C(C)(C)C)n2)CC1. The van der Waals surface area contributed by atoms with Crippen LogP contribution in [0.1, 0.15) is 151 Å². The number of nitrogens with two attached hydrogens (primary N) is 1. The summed E-state index contributed by atoms with van der Waals surface area (Å²) in [6.07, 6.45) is 10.6. The van der Waals surface area contributed by atoms with Gasteiger partial charge in [-0.3, -0.25) is 28.8 Å². The molecule has 12 heteroatoms. The summed E-state index contributed by atoms with van der Waals surface area (Å²) in [6, 6.07) is -0.712. The molecule has 2 spiro atoms. The summed E-state index contributed by atoms with van der Waals surface area (Å²) in [6.45, 7) is 23.7. The summed E-state index contributed by atoms with van der Waals surface area (Å²) in [5.74, 6) is -2.55. The molecule has 3 heterocycles. The van der Waals surface area contributed by atoms with Gasteiger partial charge in [-0.15, -0.1) is 0 Å². The number of piperazine rings is 1. The van der Waals surface area contributed by atoms with Gasteiger partial charge in [-0.2, -0.15) is 0 Å². The highest BCUT2D eigenvalue weighted by Gasteiger charge is 2.85. The maximum absolute atomic E-state index is 15.1. The van der Waals surface area contributed by atoms with Crippen molar-refractivity contribution in [2.24, 2.45) is 56.5 Å². The molecule has 12 nitrogen and oxygen atoms in total. The highest BCUT2D eigenvalue weighted by molar-refractivity contribution is 6.36. The Morgan fingerprint density at radius 1 is 0.900 bits per heavy atom. The minimum atomic E-state index is -1.01. The van der Waals surface area contributed by atoms with E-state index in [1.165, 1.54) is 0 Å². The third-order valence-corrected chi connectivity index (χ3v) is 16.7. The lowest BCUT2D eigenvalue weighted by atomic mass is 9.72. The van der Waals surface area contributed by atoms with Crippen LogP contribution >= 0.6 is 0 Å². The summed E-state index contributed by atoms with van der Waals surface area (Å²) < 4.78 is 5.83. The molecule has 1 aromatic rings. The van der Waals surface area contributed by atoms with Crippen molar-refractivity contribution in [1.29, 1.82) is 0 Å². The summed E-state index contributed by atoms with van der Waals surface area (Å²) in [5.41, 5.74) is 5.18. The average molecular weight is 834 g/mol. The van der Waals surface area contributed by atoms with Gasteiger partial charge in [0.15, 0.2) is 11.7 Å². The van der Waals surface area contributed by atoms with Crippen LogP contribution in [0.5, 0.6) is 0 Å². The number of likely N-dealkylation sites (tertiary alicyclic amines) is 1. The fourth-order valence-electron chi connectivity index (χ4n) is 11.9. The van der Waals surface area contributed by atoms with Crippen LogP contribution in [0.25, 0.3) is 0 Å². The topological polar surface area (TPSA) is 164 Å². The van der Waals surface area contributed by atoms with Crippen molar-refractivity contribution in [3.8, 4) is 0 Å². The molecule has 0 radical (unpaired) electrons. The van der Waals surface area contributed by atoms with E-state index in [2.05, 4.69) is 51.4 Å². The van der Waals surface area contributed by atoms with Crippen molar-refractivity contribution in [3.05, 3.63) is 17.8 Å². The van der Waals surface area contributed by atoms with Crippen molar-refractivity contribution in [3.63, 3.8) is 0 Å². The van der Waals surface area contributed by atoms with Crippen LogP contribution in [0.2, 0.25) is 0 Å². The molecule has 3 saturated carbocycles. The number of ketones is 3. The first-order valence-electron chi connectivity index (χ1n) is 23.2. The molecule has 6 rings (SSSR count). The Morgan fingerprint density at radius 3 is 2.08 bits per heavy atom. The number of hydrogen-bond donors (Lipinski definition) is 1. The number of carbonyl (C=O) groups is 6. The molecule has 5 atom stereocenters. The molecule has 2 aliphatic heterocycles. The lowest BCUT2D eigenvalue weighted by molar-refractivity contribution is -0.147. The predicted molar refractivity (Wildman–Crippen MR) is 229 cm³/mol. The quantitative estimate of drug-likeness (QED) is 0.161. The van der Waals surface area contributed by atoms with Crippen LogP contribution in [-0.2, 0) is 41.6 Å². The van der Waals surface area contributed by atoms with Crippen molar-refractivity contribution >= 4 is 35.1 Å². The molecule has 5 fully saturated rings. The number of carbonyl (C=O) groups excluding carboxylic acids is 6. The standard InChI is InChI=1S/C48H75N5O7/c1-10-51-19-21-52(22-20-51)40(56)26-34-29-60-39(50-34)16-15-33(44(2,3)4)25-35(54)27-36(45(5,6)7)43(59)53-30-48(46(8,9)47(48)17-12-18-47)28-37(53)38(55)24-32(41(57)42(49)58)23-31-13-11-14-31/h29,31-33,36-37H,10-28,30H2,1-9H3,(H2,49,58)/t32?,33-,36+,37-,48+/m0/s1. The van der Waals surface area contributed by atoms with Gasteiger partial charge in [-0.05, 0) is 72.1 Å². The number of amides is 3. The number of aromatic nitrogens is 1. The maximum Gasteiger partial charge on any atom is 0.285 e. The number of likely N-dealkylation sites (N-methyl/N-ethyl adjacent to an activating group) is 1. The van der Waals surface area contributed by atoms with E-state index in [1.54, 1.807) is 11.2 Å². The van der Waals surface area contributed by atoms with Gasteiger partial charge in [0, 0.05) is 75.7 Å². The van der Waals surface area contributed by atoms with Gasteiger partial charge in [-0.1, -0.05) is 88.0 Å². The molecule has 0 aromatic carbocycles. The molecule has 1 unspecified atom stereocenters. The van der Waals surface area contributed by atoms with E-state index in [0.717, 1.165) is 71.2 Å². The molecular formula is C48H75N5O7. The van der Waals surface area contributed by atoms with Gasteiger partial charge in [-0.25, -0.2) is 4.98 Å². The van der Waals surface area contributed by atoms with Crippen LogP contribution in [0.4, 0.5) is 0 Å². The van der Waals surface area contributed by atoms with Crippen LogP contribution in [0, 0.1) is 50.7 Å². The molecule has 2 N–H and O–H groups in total. The largest absolute Gasteiger partial charge is 0.449 e. The normalized spacial score (nSPS) is 25.4. The van der Waals surface area contributed by atoms with Gasteiger partial charge in [0.1, 0.15) is 12.0 Å². The highest BCUT2D eigenvalue weighted by atomic mass is 16.3. The van der Waals surface area contributed by atoms with E-state index < -0.39 is 35.0 Å². The molecule has 1 aromatic heterocycles. The van der Waals surface area contributed by atoms with Gasteiger partial charge in [0.25, 0.3) is 5.91 Å². The minimum Gasteiger partial charge on any atom is -0.449 e. The number of Topliss-reactive ketones (excluding diaryl/α,β-unsaturated/α-hetero) is 3. The van der Waals surface area contributed by atoms with Crippen LogP contribution in [0.3, 0.4) is 0 Å². The van der Waals surface area contributed by atoms with Gasteiger partial charge in [0.2, 0.25) is 17.6 Å². The zero-order chi connectivity index (χ0) is 44.0. The monoisotopic (exact) mass is 834 g/mol. The van der Waals surface area contributed by atoms with Gasteiger partial charge < -0.3 is 24.9 Å². The lowest BCUT2D eigenvalue weighted by Gasteiger charge is -2.36. The Kier molecular flexibility index (Phi) is 13.4. The van der Waals surface area contributed by atoms with Gasteiger partial charge in [0.05, 0.1) is 18.2 Å². The third-order valence-electron chi connectivity index (χ3n) is 16.7.